The van der Waals surface area contributed by atoms with Crippen molar-refractivity contribution >= 4 is 16.9 Å². The SMILES string of the molecule is Cc1cc(N(C)C)ccc1C(c1ccc2c(c1)CCCN2C)=c1ccc2c(c1)CCC[N+]=2C.[Cl-]. The largest absolute Gasteiger partial charge is 1.00 e. The first-order valence-electron chi connectivity index (χ1n) is 12.3. The van der Waals surface area contributed by atoms with Gasteiger partial charge in [-0.1, -0.05) is 12.1 Å². The second-order valence-corrected chi connectivity index (χ2v) is 10.0. The number of rotatable bonds is 3. The molecule has 0 atom stereocenters. The summed E-state index contributed by atoms with van der Waals surface area (Å²) in [5.74, 6) is 0. The fourth-order valence-electron chi connectivity index (χ4n) is 5.57. The number of fused-ring (bicyclic) bond motifs is 2. The van der Waals surface area contributed by atoms with E-state index in [-0.39, 0.29) is 12.4 Å². The van der Waals surface area contributed by atoms with E-state index in [9.17, 15) is 0 Å². The molecule has 0 radical (unpaired) electrons. The lowest BCUT2D eigenvalue weighted by atomic mass is 9.88. The van der Waals surface area contributed by atoms with E-state index < -0.39 is 0 Å². The molecule has 0 amide bonds. The van der Waals surface area contributed by atoms with Gasteiger partial charge in [0.05, 0.1) is 0 Å². The minimum Gasteiger partial charge on any atom is -1.00 e. The van der Waals surface area contributed by atoms with E-state index in [1.807, 2.05) is 0 Å². The molecule has 3 nitrogen and oxygen atoms in total. The van der Waals surface area contributed by atoms with Crippen LogP contribution in [-0.2, 0) is 12.8 Å². The highest BCUT2D eigenvalue weighted by atomic mass is 35.5. The molecule has 178 valence electrons. The predicted molar refractivity (Wildman–Crippen MR) is 141 cm³/mol. The van der Waals surface area contributed by atoms with Crippen molar-refractivity contribution in [1.82, 2.24) is 4.58 Å². The zero-order valence-corrected chi connectivity index (χ0v) is 21.9. The molecule has 5 rings (SSSR count). The van der Waals surface area contributed by atoms with Gasteiger partial charge in [-0.2, -0.15) is 0 Å². The summed E-state index contributed by atoms with van der Waals surface area (Å²) in [6.07, 6.45) is 4.77. The Kier molecular flexibility index (Phi) is 7.04. The first-order chi connectivity index (χ1) is 15.9. The molecule has 4 heteroatoms. The van der Waals surface area contributed by atoms with Crippen molar-refractivity contribution in [3.8, 4) is 0 Å². The standard InChI is InChI=1S/C30H36N3.ClH/c1-21-18-26(31(2)3)12-13-27(21)30(24-10-14-28-22(19-24)8-6-16-32(28)4)25-11-15-29-23(20-25)9-7-17-33(29)5;/h10-15,18-20H,6-9,16-17H2,1-5H3;1H/q+1;/p-1. The van der Waals surface area contributed by atoms with Gasteiger partial charge in [0.2, 0.25) is 5.36 Å². The second-order valence-electron chi connectivity index (χ2n) is 10.0. The van der Waals surface area contributed by atoms with Gasteiger partial charge in [-0.15, -0.1) is 0 Å². The van der Waals surface area contributed by atoms with Gasteiger partial charge >= 0.3 is 0 Å². The Morgan fingerprint density at radius 2 is 1.71 bits per heavy atom. The molecule has 0 spiro atoms. The molecule has 0 unspecified atom stereocenters. The Morgan fingerprint density at radius 3 is 2.47 bits per heavy atom. The third kappa shape index (κ3) is 4.46. The normalized spacial score (nSPS) is 15.8. The summed E-state index contributed by atoms with van der Waals surface area (Å²) in [4.78, 5) is 4.58. The topological polar surface area (TPSA) is 9.49 Å². The number of aryl methyl sites for hydroxylation is 3. The summed E-state index contributed by atoms with van der Waals surface area (Å²) in [7, 11) is 8.65. The Balaban J connectivity index is 0.00000274. The van der Waals surface area contributed by atoms with Crippen molar-refractivity contribution in [1.29, 1.82) is 0 Å². The monoisotopic (exact) mass is 473 g/mol. The van der Waals surface area contributed by atoms with Crippen molar-refractivity contribution in [3.05, 3.63) is 93.0 Å². The molecular formula is C30H36ClN3. The molecule has 34 heavy (non-hydrogen) atoms. The van der Waals surface area contributed by atoms with E-state index >= 15 is 0 Å². The van der Waals surface area contributed by atoms with Crippen LogP contribution < -0.4 is 37.4 Å². The van der Waals surface area contributed by atoms with Gasteiger partial charge in [0.25, 0.3) is 0 Å². The highest BCUT2D eigenvalue weighted by Gasteiger charge is 2.18. The van der Waals surface area contributed by atoms with Crippen LogP contribution >= 0.6 is 0 Å². The number of hydrogen-bond acceptors (Lipinski definition) is 2. The molecule has 0 N–H and O–H groups in total. The molecule has 0 aromatic heterocycles. The van der Waals surface area contributed by atoms with Gasteiger partial charge in [0.15, 0.2) is 0 Å². The lowest BCUT2D eigenvalue weighted by molar-refractivity contribution is -0.00000678. The van der Waals surface area contributed by atoms with E-state index in [0.717, 1.165) is 25.9 Å². The molecule has 2 aliphatic heterocycles. The molecular weight excluding hydrogens is 438 g/mol. The van der Waals surface area contributed by atoms with E-state index in [1.165, 1.54) is 68.2 Å². The average Bonchev–Trinajstić information content (AvgIpc) is 2.80. The Bertz CT molecular complexity index is 1340. The summed E-state index contributed by atoms with van der Waals surface area (Å²) in [5, 5.41) is 2.71. The fraction of sp³-hybridized carbons (Fsp3) is 0.367. The lowest BCUT2D eigenvalue weighted by Gasteiger charge is -2.28. The quantitative estimate of drug-likeness (QED) is 0.520. The van der Waals surface area contributed by atoms with E-state index in [1.54, 1.807) is 0 Å². The van der Waals surface area contributed by atoms with Crippen LogP contribution in [0, 0.1) is 6.92 Å². The van der Waals surface area contributed by atoms with E-state index in [4.69, 9.17) is 0 Å². The zero-order chi connectivity index (χ0) is 23.1. The van der Waals surface area contributed by atoms with Crippen molar-refractivity contribution in [2.75, 3.05) is 51.1 Å². The van der Waals surface area contributed by atoms with Crippen LogP contribution in [0.5, 0.6) is 0 Å². The number of anilines is 2. The van der Waals surface area contributed by atoms with Crippen LogP contribution in [-0.4, -0.2) is 41.3 Å². The molecule has 2 aliphatic rings. The Labute approximate surface area is 210 Å². The third-order valence-corrected chi connectivity index (χ3v) is 7.43. The van der Waals surface area contributed by atoms with Crippen molar-refractivity contribution in [2.45, 2.75) is 32.6 Å². The molecule has 0 saturated heterocycles. The maximum Gasteiger partial charge on any atom is 0.202 e. The molecule has 0 bridgehead atoms. The van der Waals surface area contributed by atoms with Crippen molar-refractivity contribution < 1.29 is 12.4 Å². The van der Waals surface area contributed by atoms with Crippen LogP contribution in [0.2, 0.25) is 0 Å². The van der Waals surface area contributed by atoms with Crippen LogP contribution in [0.25, 0.3) is 5.57 Å². The van der Waals surface area contributed by atoms with E-state index in [0.29, 0.717) is 0 Å². The fourth-order valence-corrected chi connectivity index (χ4v) is 5.57. The van der Waals surface area contributed by atoms with Crippen molar-refractivity contribution in [3.63, 3.8) is 0 Å². The lowest BCUT2D eigenvalue weighted by Crippen LogP contribution is -3.00. The van der Waals surface area contributed by atoms with Gasteiger partial charge in [0, 0.05) is 57.1 Å². The number of nitrogens with zero attached hydrogens (tertiary/aromatic N) is 3. The van der Waals surface area contributed by atoms with Gasteiger partial charge in [-0.05, 0) is 95.6 Å². The maximum atomic E-state index is 2.45. The number of benzene rings is 3. The third-order valence-electron chi connectivity index (χ3n) is 7.43. The molecule has 0 saturated carbocycles. The van der Waals surface area contributed by atoms with Gasteiger partial charge in [-0.25, -0.2) is 4.58 Å². The first-order valence-corrected chi connectivity index (χ1v) is 12.3. The molecule has 0 aliphatic carbocycles. The van der Waals surface area contributed by atoms with Crippen LogP contribution in [0.4, 0.5) is 11.4 Å². The summed E-state index contributed by atoms with van der Waals surface area (Å²) in [6.45, 7) is 4.54. The predicted octanol–water partition coefficient (Wildman–Crippen LogP) is 0.762. The Hall–Kier alpha value is -2.78. The summed E-state index contributed by atoms with van der Waals surface area (Å²) in [5.41, 5.74) is 10.9. The minimum atomic E-state index is 0. The highest BCUT2D eigenvalue weighted by Crippen LogP contribution is 2.32. The molecule has 2 heterocycles. The first kappa shape index (κ1) is 24.3. The molecule has 0 fully saturated rings. The smallest absolute Gasteiger partial charge is 0.202 e. The van der Waals surface area contributed by atoms with Crippen molar-refractivity contribution in [2.24, 2.45) is 0 Å². The Morgan fingerprint density at radius 1 is 0.912 bits per heavy atom. The second kappa shape index (κ2) is 9.84. The van der Waals surface area contributed by atoms with Crippen LogP contribution in [0.3, 0.4) is 0 Å². The van der Waals surface area contributed by atoms with Gasteiger partial charge in [0.1, 0.15) is 13.6 Å². The highest BCUT2D eigenvalue weighted by molar-refractivity contribution is 5.83. The summed E-state index contributed by atoms with van der Waals surface area (Å²) >= 11 is 0. The summed E-state index contributed by atoms with van der Waals surface area (Å²) < 4.78 is 2.40. The van der Waals surface area contributed by atoms with Crippen LogP contribution in [0.15, 0.2) is 54.6 Å². The average molecular weight is 474 g/mol. The van der Waals surface area contributed by atoms with Crippen LogP contribution in [0.1, 0.15) is 40.7 Å². The van der Waals surface area contributed by atoms with E-state index in [2.05, 4.69) is 104 Å². The van der Waals surface area contributed by atoms with Gasteiger partial charge < -0.3 is 22.2 Å². The minimum absolute atomic E-state index is 0. The molecule has 3 aromatic rings. The summed E-state index contributed by atoms with van der Waals surface area (Å²) in [6, 6.07) is 21.1. The molecule has 3 aromatic carbocycles. The number of hydrogen-bond donors (Lipinski definition) is 0. The van der Waals surface area contributed by atoms with Gasteiger partial charge in [-0.3, -0.25) is 0 Å². The maximum absolute atomic E-state index is 2.45. The zero-order valence-electron chi connectivity index (χ0n) is 21.2. The number of halogens is 1.